The molecule has 0 spiro atoms. The van der Waals surface area contributed by atoms with E-state index in [-0.39, 0.29) is 6.10 Å². The van der Waals surface area contributed by atoms with E-state index in [2.05, 4.69) is 22.0 Å². The predicted molar refractivity (Wildman–Crippen MR) is 58.7 cm³/mol. The highest BCUT2D eigenvalue weighted by Crippen LogP contribution is 2.17. The number of aliphatic hydroxyl groups excluding tert-OH is 1. The molecule has 2 rings (SSSR count). The third-order valence-corrected chi connectivity index (χ3v) is 3.12. The van der Waals surface area contributed by atoms with Gasteiger partial charge in [-0.25, -0.2) is 0 Å². The lowest BCUT2D eigenvalue weighted by atomic mass is 9.97. The van der Waals surface area contributed by atoms with E-state index >= 15 is 0 Å². The van der Waals surface area contributed by atoms with E-state index in [4.69, 9.17) is 4.52 Å². The van der Waals surface area contributed by atoms with Gasteiger partial charge < -0.3 is 9.63 Å². The number of hydrogen-bond donors (Lipinski definition) is 1. The molecule has 2 unspecified atom stereocenters. The normalized spacial score (nSPS) is 27.2. The van der Waals surface area contributed by atoms with Crippen LogP contribution in [-0.4, -0.2) is 39.3 Å². The molecule has 1 aliphatic rings. The molecule has 1 aromatic heterocycles. The fraction of sp³-hybridized carbons (Fsp3) is 0.818. The van der Waals surface area contributed by atoms with E-state index in [1.807, 2.05) is 6.92 Å². The van der Waals surface area contributed by atoms with Crippen molar-refractivity contribution in [1.82, 2.24) is 15.0 Å². The Morgan fingerprint density at radius 1 is 1.56 bits per heavy atom. The Bertz CT molecular complexity index is 340. The molecule has 5 heteroatoms. The smallest absolute Gasteiger partial charge is 0.226 e. The van der Waals surface area contributed by atoms with Crippen LogP contribution in [0.3, 0.4) is 0 Å². The van der Waals surface area contributed by atoms with Crippen molar-refractivity contribution in [2.45, 2.75) is 39.3 Å². The van der Waals surface area contributed by atoms with Crippen LogP contribution < -0.4 is 0 Å². The van der Waals surface area contributed by atoms with Crippen LogP contribution in [0.25, 0.3) is 0 Å². The molecule has 0 bridgehead atoms. The number of likely N-dealkylation sites (tertiary alicyclic amines) is 1. The summed E-state index contributed by atoms with van der Waals surface area (Å²) in [7, 11) is 0. The molecule has 0 radical (unpaired) electrons. The zero-order valence-corrected chi connectivity index (χ0v) is 9.89. The number of nitrogens with zero attached hydrogens (tertiary/aromatic N) is 3. The first kappa shape index (κ1) is 11.5. The molecule has 1 aromatic rings. The van der Waals surface area contributed by atoms with E-state index in [0.29, 0.717) is 11.8 Å². The van der Waals surface area contributed by atoms with Crippen molar-refractivity contribution in [2.24, 2.45) is 5.92 Å². The van der Waals surface area contributed by atoms with Crippen molar-refractivity contribution in [1.29, 1.82) is 0 Å². The lowest BCUT2D eigenvalue weighted by molar-refractivity contribution is 0.0308. The Morgan fingerprint density at radius 2 is 2.38 bits per heavy atom. The first-order chi connectivity index (χ1) is 7.69. The van der Waals surface area contributed by atoms with E-state index in [0.717, 1.165) is 38.3 Å². The average Bonchev–Trinajstić information content (AvgIpc) is 2.71. The van der Waals surface area contributed by atoms with Gasteiger partial charge in [0.1, 0.15) is 0 Å². The third kappa shape index (κ3) is 2.59. The van der Waals surface area contributed by atoms with Gasteiger partial charge in [0.2, 0.25) is 5.89 Å². The molecule has 1 fully saturated rings. The number of piperidine rings is 1. The highest BCUT2D eigenvalue weighted by atomic mass is 16.5. The van der Waals surface area contributed by atoms with E-state index in [1.165, 1.54) is 0 Å². The zero-order valence-electron chi connectivity index (χ0n) is 9.89. The molecule has 90 valence electrons. The number of rotatable bonds is 3. The van der Waals surface area contributed by atoms with Crippen LogP contribution in [0.4, 0.5) is 0 Å². The van der Waals surface area contributed by atoms with Crippen molar-refractivity contribution in [3.63, 3.8) is 0 Å². The molecular formula is C11H19N3O2. The molecule has 0 amide bonds. The Hall–Kier alpha value is -0.940. The maximum Gasteiger partial charge on any atom is 0.226 e. The van der Waals surface area contributed by atoms with Gasteiger partial charge in [0.25, 0.3) is 0 Å². The molecule has 5 nitrogen and oxygen atoms in total. The summed E-state index contributed by atoms with van der Waals surface area (Å²) in [4.78, 5) is 6.55. The number of aryl methyl sites for hydroxylation is 1. The second-order valence-corrected chi connectivity index (χ2v) is 4.53. The quantitative estimate of drug-likeness (QED) is 0.825. The number of aromatic nitrogens is 2. The van der Waals surface area contributed by atoms with Crippen LogP contribution in [0.1, 0.15) is 32.0 Å². The molecule has 16 heavy (non-hydrogen) atoms. The van der Waals surface area contributed by atoms with Crippen molar-refractivity contribution >= 4 is 0 Å². The fourth-order valence-electron chi connectivity index (χ4n) is 2.06. The summed E-state index contributed by atoms with van der Waals surface area (Å²) in [6.45, 7) is 6.60. The average molecular weight is 225 g/mol. The molecule has 0 aliphatic carbocycles. The largest absolute Gasteiger partial charge is 0.393 e. The van der Waals surface area contributed by atoms with Gasteiger partial charge in [0.15, 0.2) is 5.82 Å². The summed E-state index contributed by atoms with van der Waals surface area (Å²) in [6.07, 6.45) is 1.45. The van der Waals surface area contributed by atoms with Gasteiger partial charge in [0.05, 0.1) is 12.6 Å². The number of aliphatic hydroxyl groups is 1. The Labute approximate surface area is 95.4 Å². The first-order valence-corrected chi connectivity index (χ1v) is 5.91. The molecule has 1 saturated heterocycles. The predicted octanol–water partition coefficient (Wildman–Crippen LogP) is 0.835. The zero-order chi connectivity index (χ0) is 11.5. The van der Waals surface area contributed by atoms with Gasteiger partial charge in [0, 0.05) is 19.5 Å². The van der Waals surface area contributed by atoms with Gasteiger partial charge in [-0.3, -0.25) is 4.90 Å². The van der Waals surface area contributed by atoms with Crippen molar-refractivity contribution in [3.8, 4) is 0 Å². The van der Waals surface area contributed by atoms with Crippen LogP contribution in [-0.2, 0) is 13.0 Å². The SMILES string of the molecule is CCc1nc(CN2CCC(O)C(C)C2)no1. The van der Waals surface area contributed by atoms with E-state index in [9.17, 15) is 5.11 Å². The topological polar surface area (TPSA) is 62.4 Å². The van der Waals surface area contributed by atoms with E-state index in [1.54, 1.807) is 0 Å². The lowest BCUT2D eigenvalue weighted by Crippen LogP contribution is -2.41. The minimum Gasteiger partial charge on any atom is -0.393 e. The highest BCUT2D eigenvalue weighted by Gasteiger charge is 2.24. The van der Waals surface area contributed by atoms with Crippen LogP contribution in [0.5, 0.6) is 0 Å². The molecule has 0 saturated carbocycles. The molecule has 1 aliphatic heterocycles. The molecule has 0 aromatic carbocycles. The fourth-order valence-corrected chi connectivity index (χ4v) is 2.06. The van der Waals surface area contributed by atoms with Crippen molar-refractivity contribution < 1.29 is 9.63 Å². The van der Waals surface area contributed by atoms with Crippen LogP contribution >= 0.6 is 0 Å². The Morgan fingerprint density at radius 3 is 3.00 bits per heavy atom. The van der Waals surface area contributed by atoms with Crippen molar-refractivity contribution in [2.75, 3.05) is 13.1 Å². The Kier molecular flexibility index (Phi) is 3.56. The third-order valence-electron chi connectivity index (χ3n) is 3.12. The maximum atomic E-state index is 9.63. The van der Waals surface area contributed by atoms with Gasteiger partial charge in [-0.2, -0.15) is 4.98 Å². The molecule has 2 heterocycles. The number of hydrogen-bond acceptors (Lipinski definition) is 5. The second kappa shape index (κ2) is 4.93. The minimum atomic E-state index is -0.160. The summed E-state index contributed by atoms with van der Waals surface area (Å²) < 4.78 is 5.07. The lowest BCUT2D eigenvalue weighted by Gasteiger charge is -2.33. The molecule has 1 N–H and O–H groups in total. The van der Waals surface area contributed by atoms with E-state index < -0.39 is 0 Å². The molecular weight excluding hydrogens is 206 g/mol. The van der Waals surface area contributed by atoms with Gasteiger partial charge in [-0.15, -0.1) is 0 Å². The van der Waals surface area contributed by atoms with Crippen LogP contribution in [0, 0.1) is 5.92 Å². The monoisotopic (exact) mass is 225 g/mol. The van der Waals surface area contributed by atoms with Crippen LogP contribution in [0.2, 0.25) is 0 Å². The summed E-state index contributed by atoms with van der Waals surface area (Å²) >= 11 is 0. The van der Waals surface area contributed by atoms with Gasteiger partial charge in [-0.05, 0) is 12.3 Å². The molecule has 2 atom stereocenters. The second-order valence-electron chi connectivity index (χ2n) is 4.53. The summed E-state index contributed by atoms with van der Waals surface area (Å²) in [6, 6.07) is 0. The standard InChI is InChI=1S/C11H19N3O2/c1-3-11-12-10(13-16-11)7-14-5-4-9(15)8(2)6-14/h8-9,15H,3-7H2,1-2H3. The first-order valence-electron chi connectivity index (χ1n) is 5.91. The maximum absolute atomic E-state index is 9.63. The minimum absolute atomic E-state index is 0.160. The summed E-state index contributed by atoms with van der Waals surface area (Å²) in [5.41, 5.74) is 0. The van der Waals surface area contributed by atoms with Gasteiger partial charge >= 0.3 is 0 Å². The van der Waals surface area contributed by atoms with Crippen LogP contribution in [0.15, 0.2) is 4.52 Å². The van der Waals surface area contributed by atoms with Gasteiger partial charge in [-0.1, -0.05) is 19.0 Å². The Balaban J connectivity index is 1.90. The van der Waals surface area contributed by atoms with Crippen molar-refractivity contribution in [3.05, 3.63) is 11.7 Å². The highest BCUT2D eigenvalue weighted by molar-refractivity contribution is 4.88. The summed E-state index contributed by atoms with van der Waals surface area (Å²) in [5, 5.41) is 13.6. The summed E-state index contributed by atoms with van der Waals surface area (Å²) in [5.74, 6) is 1.77.